The molecule has 0 saturated heterocycles. The van der Waals surface area contributed by atoms with Crippen molar-refractivity contribution in [1.82, 2.24) is 9.55 Å². The first-order chi connectivity index (χ1) is 24.7. The summed E-state index contributed by atoms with van der Waals surface area (Å²) in [5.41, 5.74) is 30.9. The summed E-state index contributed by atoms with van der Waals surface area (Å²) in [6.45, 7) is 0. The maximum Gasteiger partial charge on any atom is 0.141 e. The number of H-pyrrole nitrogens is 1. The molecule has 52 heavy (non-hydrogen) atoms. The van der Waals surface area contributed by atoms with Gasteiger partial charge in [0.15, 0.2) is 0 Å². The zero-order valence-corrected chi connectivity index (χ0v) is 33.6. The molecule has 0 atom stereocenters. The zero-order chi connectivity index (χ0) is 37.2. The molecule has 8 aromatic rings. The molecule has 0 aliphatic carbocycles. The van der Waals surface area contributed by atoms with Crippen LogP contribution in [-0.4, -0.2) is 119 Å². The largest absolute Gasteiger partial charge is 0.356 e. The molecule has 0 amide bonds. The maximum atomic E-state index is 3.94. The summed E-state index contributed by atoms with van der Waals surface area (Å²) in [4.78, 5) is 3.94. The summed E-state index contributed by atoms with van der Waals surface area (Å²) in [7, 11) is 32.6. The van der Waals surface area contributed by atoms with Crippen LogP contribution in [0.5, 0.6) is 0 Å². The highest BCUT2D eigenvalue weighted by Crippen LogP contribution is 2.31. The van der Waals surface area contributed by atoms with Gasteiger partial charge in [0, 0.05) is 38.5 Å². The molecule has 0 bridgehead atoms. The second-order valence-corrected chi connectivity index (χ2v) is 15.8. The minimum Gasteiger partial charge on any atom is -0.356 e. The summed E-state index contributed by atoms with van der Waals surface area (Å²) in [6, 6.07) is 19.9. The molecule has 8 rings (SSSR count). The van der Waals surface area contributed by atoms with Crippen molar-refractivity contribution in [3.8, 4) is 27.9 Å². The van der Waals surface area contributed by atoms with Gasteiger partial charge in [0.1, 0.15) is 110 Å². The monoisotopic (exact) mass is 652 g/mol. The first-order valence-corrected chi connectivity index (χ1v) is 18.9. The van der Waals surface area contributed by atoms with Gasteiger partial charge < -0.3 is 9.55 Å². The van der Waals surface area contributed by atoms with E-state index in [1.54, 1.807) is 0 Å². The molecule has 6 aromatic carbocycles. The predicted molar refractivity (Wildman–Crippen MR) is 276 cm³/mol. The van der Waals surface area contributed by atoms with Crippen molar-refractivity contribution in [3.05, 3.63) is 54.6 Å². The highest BCUT2D eigenvalue weighted by atomic mass is 15.0. The molecule has 0 fully saturated rings. The average Bonchev–Trinajstić information content (AvgIpc) is 3.73. The van der Waals surface area contributed by atoms with Gasteiger partial charge in [0.05, 0.1) is 0 Å². The summed E-state index contributed by atoms with van der Waals surface area (Å²) >= 11 is 0. The Labute approximate surface area is 320 Å². The van der Waals surface area contributed by atoms with Crippen LogP contribution in [0.1, 0.15) is 0 Å². The van der Waals surface area contributed by atoms with Crippen molar-refractivity contribution in [2.75, 3.05) is 0 Å². The van der Waals surface area contributed by atoms with Crippen molar-refractivity contribution in [3.63, 3.8) is 0 Å². The summed E-state index contributed by atoms with van der Waals surface area (Å²) < 4.78 is 2.58. The minimum atomic E-state index is 1.21. The number of hydrogen-bond acceptors (Lipinski definition) is 0. The number of benzene rings is 6. The van der Waals surface area contributed by atoms with Crippen LogP contribution in [0.3, 0.4) is 0 Å². The number of fused-ring (bicyclic) bond motifs is 6. The van der Waals surface area contributed by atoms with Crippen LogP contribution in [0.25, 0.3) is 71.6 Å². The molecule has 0 aliphatic heterocycles. The Morgan fingerprint density at radius 3 is 1.29 bits per heavy atom. The Balaban J connectivity index is 1.52. The first kappa shape index (κ1) is 34.9. The third-order valence-corrected chi connectivity index (χ3v) is 13.6. The number of rotatable bonds is 3. The van der Waals surface area contributed by atoms with Crippen LogP contribution in [0.4, 0.5) is 0 Å². The van der Waals surface area contributed by atoms with E-state index >= 15 is 0 Å². The third-order valence-electron chi connectivity index (χ3n) is 13.6. The molecule has 2 nitrogen and oxygen atoms in total. The fraction of sp³-hybridized carbons (Fsp3) is 0. The van der Waals surface area contributed by atoms with Gasteiger partial charge in [-0.2, -0.15) is 0 Å². The molecule has 16 heteroatoms. The molecule has 0 aliphatic rings. The van der Waals surface area contributed by atoms with Gasteiger partial charge in [-0.1, -0.05) is 108 Å². The number of aromatic amines is 1. The average molecular weight is 650 g/mol. The molecular formula is C36H38B14N2. The topological polar surface area (TPSA) is 20.7 Å². The molecule has 0 saturated carbocycles. The molecule has 1 N–H and O–H groups in total. The lowest BCUT2D eigenvalue weighted by molar-refractivity contribution is 1.19. The lowest BCUT2D eigenvalue weighted by atomic mass is 9.61. The van der Waals surface area contributed by atoms with Crippen LogP contribution in [0, 0.1) is 0 Å². The molecule has 2 heterocycles. The zero-order valence-electron chi connectivity index (χ0n) is 33.6. The van der Waals surface area contributed by atoms with Crippen LogP contribution >= 0.6 is 0 Å². The van der Waals surface area contributed by atoms with Gasteiger partial charge in [-0.05, 0) is 45.2 Å². The Morgan fingerprint density at radius 1 is 0.327 bits per heavy atom. The van der Waals surface area contributed by atoms with Gasteiger partial charge in [-0.25, -0.2) is 0 Å². The van der Waals surface area contributed by atoms with E-state index in [0.29, 0.717) is 0 Å². The molecule has 234 valence electrons. The van der Waals surface area contributed by atoms with Crippen molar-refractivity contribution in [2.24, 2.45) is 0 Å². The molecule has 0 spiro atoms. The van der Waals surface area contributed by atoms with Gasteiger partial charge >= 0.3 is 0 Å². The molecule has 0 unspecified atom stereocenters. The normalized spacial score (nSPS) is 11.8. The second kappa shape index (κ2) is 12.2. The quantitative estimate of drug-likeness (QED) is 0.184. The van der Waals surface area contributed by atoms with E-state index in [9.17, 15) is 0 Å². The van der Waals surface area contributed by atoms with Crippen molar-refractivity contribution < 1.29 is 0 Å². The maximum absolute atomic E-state index is 3.94. The van der Waals surface area contributed by atoms with Gasteiger partial charge in [-0.15, -0.1) is 10.9 Å². The Kier molecular flexibility index (Phi) is 8.18. The number of aromatic nitrogens is 2. The lowest BCUT2D eigenvalue weighted by Gasteiger charge is -2.24. The Hall–Kier alpha value is -4.17. The smallest absolute Gasteiger partial charge is 0.141 e. The first-order valence-electron chi connectivity index (χ1n) is 18.9. The summed E-state index contributed by atoms with van der Waals surface area (Å²) in [5, 5.41) is 5.55. The third kappa shape index (κ3) is 4.58. The summed E-state index contributed by atoms with van der Waals surface area (Å²) in [6.07, 6.45) is 0. The highest BCUT2D eigenvalue weighted by Gasteiger charge is 2.27. The van der Waals surface area contributed by atoms with E-state index in [2.05, 4.69) is 174 Å². The Morgan fingerprint density at radius 2 is 0.712 bits per heavy atom. The van der Waals surface area contributed by atoms with E-state index in [1.807, 2.05) is 0 Å². The van der Waals surface area contributed by atoms with Crippen molar-refractivity contribution in [2.45, 2.75) is 0 Å². The van der Waals surface area contributed by atoms with Gasteiger partial charge in [0.2, 0.25) is 0 Å². The molecule has 2 aromatic heterocycles. The predicted octanol–water partition coefficient (Wildman–Crippen LogP) is -14.6. The van der Waals surface area contributed by atoms with Crippen LogP contribution < -0.4 is 76.5 Å². The number of hydrogen-bond donors (Lipinski definition) is 1. The molecular weight excluding hydrogens is 612 g/mol. The standard InChI is InChI=1S/C36H38B14N2/c37-19-13(21(39)29(47)33-15(19)16-23(41)25(43)27(45)30(48)34(16)51-33)14-20(38)17-18-24(42)26(44)28(46)32(50)36(18)52(35(17)31(49)22(14)40)12-8-6-11(7-9-12)10-4-2-1-3-5-10/h1-9,51H,37-50H2. The Bertz CT molecular complexity index is 2880. The SMILES string of the molecule is Bc1c(B)c(B)c2c([nH]c3c(B)c(B)c(-c4c(B)c(B)c5c(c4B)c4c(B)c(B)c(B)c(B)c4n5-c4ccc(-c5ccccc5)cc4)c(B)c32)c1B. The second-order valence-electron chi connectivity index (χ2n) is 15.8. The fourth-order valence-electron chi connectivity index (χ4n) is 9.68. The minimum absolute atomic E-state index is 1.21. The highest BCUT2D eigenvalue weighted by molar-refractivity contribution is 6.72. The van der Waals surface area contributed by atoms with Crippen LogP contribution in [0.15, 0.2) is 54.6 Å². The van der Waals surface area contributed by atoms with Crippen LogP contribution in [0.2, 0.25) is 0 Å². The number of nitrogens with zero attached hydrogens (tertiary/aromatic N) is 1. The van der Waals surface area contributed by atoms with E-state index < -0.39 is 0 Å². The summed E-state index contributed by atoms with van der Waals surface area (Å²) in [5.74, 6) is 0. The van der Waals surface area contributed by atoms with Crippen molar-refractivity contribution in [1.29, 1.82) is 0 Å². The van der Waals surface area contributed by atoms with E-state index in [1.165, 1.54) is 148 Å². The van der Waals surface area contributed by atoms with Crippen LogP contribution in [-0.2, 0) is 0 Å². The number of nitrogens with one attached hydrogen (secondary N) is 1. The van der Waals surface area contributed by atoms with E-state index in [4.69, 9.17) is 0 Å². The van der Waals surface area contributed by atoms with Gasteiger partial charge in [-0.3, -0.25) is 0 Å². The fourth-order valence-corrected chi connectivity index (χ4v) is 9.68. The lowest BCUT2D eigenvalue weighted by Crippen LogP contribution is -2.48. The molecule has 0 radical (unpaired) electrons. The van der Waals surface area contributed by atoms with E-state index in [0.717, 1.165) is 0 Å². The van der Waals surface area contributed by atoms with Gasteiger partial charge in [0.25, 0.3) is 0 Å². The van der Waals surface area contributed by atoms with E-state index in [-0.39, 0.29) is 0 Å². The van der Waals surface area contributed by atoms with Crippen molar-refractivity contribution >= 4 is 230 Å².